The first kappa shape index (κ1) is 15.8. The molecule has 2 aromatic carbocycles. The van der Waals surface area contributed by atoms with E-state index in [9.17, 15) is 21.6 Å². The number of halogens is 4. The van der Waals surface area contributed by atoms with Crippen LogP contribution in [0, 0.1) is 0 Å². The first-order valence-electron chi connectivity index (χ1n) is 5.56. The molecular formula is C13H8BrF3O3S. The van der Waals surface area contributed by atoms with Gasteiger partial charge in [-0.2, -0.15) is 21.6 Å². The summed E-state index contributed by atoms with van der Waals surface area (Å²) < 4.78 is 67.2. The van der Waals surface area contributed by atoms with E-state index in [1.54, 1.807) is 12.1 Å². The van der Waals surface area contributed by atoms with Crippen LogP contribution in [0.3, 0.4) is 0 Å². The summed E-state index contributed by atoms with van der Waals surface area (Å²) in [6.45, 7) is 0. The lowest BCUT2D eigenvalue weighted by atomic mass is 10.2. The zero-order valence-electron chi connectivity index (χ0n) is 10.3. The molecule has 0 radical (unpaired) electrons. The molecule has 2 rings (SSSR count). The molecule has 0 spiro atoms. The number of hydrogen-bond acceptors (Lipinski definition) is 3. The second-order valence-electron chi connectivity index (χ2n) is 4.02. The monoisotopic (exact) mass is 380 g/mol. The molecule has 0 amide bonds. The van der Waals surface area contributed by atoms with Gasteiger partial charge in [-0.3, -0.25) is 0 Å². The van der Waals surface area contributed by atoms with E-state index in [4.69, 9.17) is 4.18 Å². The first-order chi connectivity index (χ1) is 9.68. The number of hydrogen-bond donors (Lipinski definition) is 0. The minimum Gasteiger partial charge on any atom is -0.379 e. The van der Waals surface area contributed by atoms with Crippen molar-refractivity contribution in [1.29, 1.82) is 0 Å². The predicted molar refractivity (Wildman–Crippen MR) is 73.4 cm³/mol. The fourth-order valence-electron chi connectivity index (χ4n) is 1.52. The van der Waals surface area contributed by atoms with Gasteiger partial charge in [0.15, 0.2) is 0 Å². The molecule has 0 saturated carbocycles. The molecule has 0 aromatic heterocycles. The Labute approximate surface area is 127 Å². The van der Waals surface area contributed by atoms with Crippen molar-refractivity contribution in [3.63, 3.8) is 0 Å². The molecule has 0 bridgehead atoms. The van der Waals surface area contributed by atoms with Gasteiger partial charge < -0.3 is 4.18 Å². The summed E-state index contributed by atoms with van der Waals surface area (Å²) in [6, 6.07) is 9.36. The lowest BCUT2D eigenvalue weighted by Crippen LogP contribution is -2.12. The van der Waals surface area contributed by atoms with E-state index in [-0.39, 0.29) is 5.75 Å². The van der Waals surface area contributed by atoms with E-state index >= 15 is 0 Å². The molecule has 0 atom stereocenters. The topological polar surface area (TPSA) is 43.4 Å². The lowest BCUT2D eigenvalue weighted by Gasteiger charge is -2.10. The summed E-state index contributed by atoms with van der Waals surface area (Å²) in [5, 5.41) is 0. The minimum absolute atomic E-state index is 0.00165. The van der Waals surface area contributed by atoms with Gasteiger partial charge in [0.2, 0.25) is 0 Å². The smallest absolute Gasteiger partial charge is 0.379 e. The normalized spacial score (nSPS) is 12.2. The lowest BCUT2D eigenvalue weighted by molar-refractivity contribution is -0.137. The van der Waals surface area contributed by atoms with Crippen LogP contribution in [0.25, 0.3) is 0 Å². The number of alkyl halides is 3. The molecule has 8 heteroatoms. The molecule has 0 N–H and O–H groups in total. The maximum Gasteiger partial charge on any atom is 0.416 e. The molecule has 112 valence electrons. The Morgan fingerprint density at radius 1 is 1.00 bits per heavy atom. The highest BCUT2D eigenvalue weighted by molar-refractivity contribution is 9.10. The summed E-state index contributed by atoms with van der Waals surface area (Å²) in [7, 11) is -4.33. The molecule has 0 aliphatic heterocycles. The van der Waals surface area contributed by atoms with Crippen LogP contribution in [-0.4, -0.2) is 8.42 Å². The molecule has 3 nitrogen and oxygen atoms in total. The Balaban J connectivity index is 2.36. The van der Waals surface area contributed by atoms with Crippen molar-refractivity contribution in [2.45, 2.75) is 11.1 Å². The van der Waals surface area contributed by atoms with Crippen molar-refractivity contribution in [2.75, 3.05) is 0 Å². The highest BCUT2D eigenvalue weighted by atomic mass is 79.9. The van der Waals surface area contributed by atoms with Gasteiger partial charge in [-0.1, -0.05) is 28.1 Å². The summed E-state index contributed by atoms with van der Waals surface area (Å²) in [5.41, 5.74) is -1.05. The Hall–Kier alpha value is -1.54. The Kier molecular flexibility index (Phi) is 4.29. The fourth-order valence-corrected chi connectivity index (χ4v) is 2.87. The average molecular weight is 381 g/mol. The number of benzene rings is 2. The molecule has 0 aliphatic rings. The Morgan fingerprint density at radius 2 is 1.67 bits per heavy atom. The second-order valence-corrected chi connectivity index (χ2v) is 6.48. The standard InChI is InChI=1S/C13H8BrF3O3S/c14-10-4-2-5-11(8-10)20-21(18,19)12-6-1-3-9(7-12)13(15,16)17/h1-8H. The molecule has 0 heterocycles. The van der Waals surface area contributed by atoms with Gasteiger partial charge in [0.25, 0.3) is 0 Å². The van der Waals surface area contributed by atoms with Crippen molar-refractivity contribution in [2.24, 2.45) is 0 Å². The maximum absolute atomic E-state index is 12.6. The number of rotatable bonds is 3. The van der Waals surface area contributed by atoms with Crippen LogP contribution < -0.4 is 4.18 Å². The van der Waals surface area contributed by atoms with Crippen molar-refractivity contribution < 1.29 is 25.8 Å². The van der Waals surface area contributed by atoms with Crippen molar-refractivity contribution in [1.82, 2.24) is 0 Å². The SMILES string of the molecule is O=S(=O)(Oc1cccc(Br)c1)c1cccc(C(F)(F)F)c1. The Morgan fingerprint density at radius 3 is 2.29 bits per heavy atom. The van der Waals surface area contributed by atoms with Gasteiger partial charge >= 0.3 is 16.3 Å². The van der Waals surface area contributed by atoms with E-state index in [1.807, 2.05) is 0 Å². The molecule has 0 aliphatic carbocycles. The zero-order valence-corrected chi connectivity index (χ0v) is 12.7. The van der Waals surface area contributed by atoms with E-state index in [1.165, 1.54) is 12.1 Å². The van der Waals surface area contributed by atoms with Crippen LogP contribution in [0.2, 0.25) is 0 Å². The highest BCUT2D eigenvalue weighted by Gasteiger charge is 2.32. The van der Waals surface area contributed by atoms with Crippen LogP contribution in [0.5, 0.6) is 5.75 Å². The van der Waals surface area contributed by atoms with Crippen molar-refractivity contribution in [3.05, 3.63) is 58.6 Å². The molecule has 0 saturated heterocycles. The van der Waals surface area contributed by atoms with E-state index in [2.05, 4.69) is 15.9 Å². The van der Waals surface area contributed by atoms with Gasteiger partial charge in [-0.25, -0.2) is 0 Å². The third-order valence-electron chi connectivity index (χ3n) is 2.45. The maximum atomic E-state index is 12.6. The minimum atomic E-state index is -4.62. The van der Waals surface area contributed by atoms with Gasteiger partial charge in [0.05, 0.1) is 5.56 Å². The van der Waals surface area contributed by atoms with Gasteiger partial charge in [-0.05, 0) is 36.4 Å². The van der Waals surface area contributed by atoms with Crippen LogP contribution in [-0.2, 0) is 16.3 Å². The third-order valence-corrected chi connectivity index (χ3v) is 4.19. The molecular weight excluding hydrogens is 373 g/mol. The van der Waals surface area contributed by atoms with Crippen LogP contribution in [0.15, 0.2) is 57.9 Å². The van der Waals surface area contributed by atoms with Gasteiger partial charge in [0.1, 0.15) is 10.6 Å². The summed E-state index contributed by atoms with van der Waals surface area (Å²) in [6.07, 6.45) is -4.62. The fraction of sp³-hybridized carbons (Fsp3) is 0.0769. The molecule has 21 heavy (non-hydrogen) atoms. The quantitative estimate of drug-likeness (QED) is 0.748. The average Bonchev–Trinajstić information content (AvgIpc) is 2.37. The molecule has 0 unspecified atom stereocenters. The van der Waals surface area contributed by atoms with Crippen LogP contribution >= 0.6 is 15.9 Å². The van der Waals surface area contributed by atoms with Crippen LogP contribution in [0.1, 0.15) is 5.56 Å². The zero-order chi connectivity index (χ0) is 15.7. The van der Waals surface area contributed by atoms with Crippen molar-refractivity contribution >= 4 is 26.0 Å². The van der Waals surface area contributed by atoms with E-state index in [0.29, 0.717) is 10.5 Å². The first-order valence-corrected chi connectivity index (χ1v) is 7.76. The van der Waals surface area contributed by atoms with E-state index in [0.717, 1.165) is 18.2 Å². The summed E-state index contributed by atoms with van der Waals surface area (Å²) >= 11 is 3.14. The second kappa shape index (κ2) is 5.69. The third kappa shape index (κ3) is 3.98. The Bertz CT molecular complexity index is 757. The summed E-state index contributed by atoms with van der Waals surface area (Å²) in [5.74, 6) is 0.00165. The van der Waals surface area contributed by atoms with Crippen molar-refractivity contribution in [3.8, 4) is 5.75 Å². The van der Waals surface area contributed by atoms with E-state index < -0.39 is 26.8 Å². The predicted octanol–water partition coefficient (Wildman–Crippen LogP) is 4.24. The van der Waals surface area contributed by atoms with Gasteiger partial charge in [0, 0.05) is 4.47 Å². The molecule has 2 aromatic rings. The largest absolute Gasteiger partial charge is 0.416 e. The molecule has 0 fully saturated rings. The van der Waals surface area contributed by atoms with Crippen LogP contribution in [0.4, 0.5) is 13.2 Å². The highest BCUT2D eigenvalue weighted by Crippen LogP contribution is 2.31. The van der Waals surface area contributed by atoms with Gasteiger partial charge in [-0.15, -0.1) is 0 Å². The summed E-state index contributed by atoms with van der Waals surface area (Å²) in [4.78, 5) is -0.558.